The summed E-state index contributed by atoms with van der Waals surface area (Å²) in [6, 6.07) is 20.7. The summed E-state index contributed by atoms with van der Waals surface area (Å²) >= 11 is 1.62. The van der Waals surface area contributed by atoms with Crippen LogP contribution in [0.5, 0.6) is 0 Å². The highest BCUT2D eigenvalue weighted by molar-refractivity contribution is 7.19. The standard InChI is InChI=1S/C25H18N4S/c1-16-20-11-12-27-23(20)10-9-22(16)29-24-18(14-26)15-28-25-21(24)13-19(30-25)8-7-17-5-3-2-4-6-17/h2-13,15,27H,1H3,(H,28,29)/b8-7+. The number of H-pyrrole nitrogens is 1. The normalized spacial score (nSPS) is 11.3. The molecule has 0 aliphatic carbocycles. The highest BCUT2D eigenvalue weighted by atomic mass is 32.1. The van der Waals surface area contributed by atoms with Gasteiger partial charge in [-0.1, -0.05) is 36.4 Å². The number of hydrogen-bond donors (Lipinski definition) is 2. The van der Waals surface area contributed by atoms with E-state index in [1.807, 2.05) is 30.5 Å². The van der Waals surface area contributed by atoms with Gasteiger partial charge < -0.3 is 10.3 Å². The molecule has 4 nitrogen and oxygen atoms in total. The zero-order valence-corrected chi connectivity index (χ0v) is 17.1. The van der Waals surface area contributed by atoms with E-state index in [4.69, 9.17) is 0 Å². The molecule has 0 saturated carbocycles. The molecule has 2 N–H and O–H groups in total. The number of anilines is 2. The van der Waals surface area contributed by atoms with Crippen molar-refractivity contribution in [2.75, 3.05) is 5.32 Å². The van der Waals surface area contributed by atoms with Gasteiger partial charge in [0.25, 0.3) is 0 Å². The Morgan fingerprint density at radius 2 is 1.93 bits per heavy atom. The lowest BCUT2D eigenvalue weighted by Crippen LogP contribution is -1.97. The van der Waals surface area contributed by atoms with Crippen LogP contribution in [-0.2, 0) is 0 Å². The quantitative estimate of drug-likeness (QED) is 0.342. The van der Waals surface area contributed by atoms with E-state index in [2.05, 4.69) is 70.8 Å². The van der Waals surface area contributed by atoms with Gasteiger partial charge in [-0.05, 0) is 48.4 Å². The van der Waals surface area contributed by atoms with Gasteiger partial charge in [0.1, 0.15) is 10.9 Å². The minimum Gasteiger partial charge on any atom is -0.361 e. The van der Waals surface area contributed by atoms with Crippen molar-refractivity contribution in [2.24, 2.45) is 0 Å². The summed E-state index contributed by atoms with van der Waals surface area (Å²) in [6.07, 6.45) is 7.77. The Morgan fingerprint density at radius 3 is 2.77 bits per heavy atom. The topological polar surface area (TPSA) is 64.5 Å². The van der Waals surface area contributed by atoms with Crippen molar-refractivity contribution in [2.45, 2.75) is 6.92 Å². The Labute approximate surface area is 178 Å². The molecule has 30 heavy (non-hydrogen) atoms. The number of pyridine rings is 1. The van der Waals surface area contributed by atoms with Crippen LogP contribution in [0.25, 0.3) is 33.3 Å². The van der Waals surface area contributed by atoms with Gasteiger partial charge in [-0.2, -0.15) is 5.26 Å². The second-order valence-electron chi connectivity index (χ2n) is 7.07. The molecule has 0 aliphatic rings. The van der Waals surface area contributed by atoms with Crippen molar-refractivity contribution in [1.29, 1.82) is 5.26 Å². The predicted octanol–water partition coefficient (Wildman–Crippen LogP) is 6.87. The van der Waals surface area contributed by atoms with Crippen molar-refractivity contribution >= 4 is 56.0 Å². The molecule has 0 spiro atoms. The first-order valence-corrected chi connectivity index (χ1v) is 10.4. The van der Waals surface area contributed by atoms with Crippen molar-refractivity contribution in [1.82, 2.24) is 9.97 Å². The molecule has 0 saturated heterocycles. The summed E-state index contributed by atoms with van der Waals surface area (Å²) in [4.78, 5) is 9.75. The van der Waals surface area contributed by atoms with Crippen molar-refractivity contribution in [3.63, 3.8) is 0 Å². The van der Waals surface area contributed by atoms with Gasteiger partial charge in [0, 0.05) is 39.2 Å². The second-order valence-corrected chi connectivity index (χ2v) is 8.13. The summed E-state index contributed by atoms with van der Waals surface area (Å²) in [5.41, 5.74) is 5.71. The summed E-state index contributed by atoms with van der Waals surface area (Å²) in [5, 5.41) is 15.3. The molecule has 144 valence electrons. The van der Waals surface area contributed by atoms with Gasteiger partial charge in [0.05, 0.1) is 11.3 Å². The van der Waals surface area contributed by atoms with Crippen LogP contribution >= 0.6 is 11.3 Å². The molecular weight excluding hydrogens is 388 g/mol. The first-order chi connectivity index (χ1) is 14.7. The lowest BCUT2D eigenvalue weighted by Gasteiger charge is -2.12. The molecule has 3 heterocycles. The number of nitrogens with zero attached hydrogens (tertiary/aromatic N) is 2. The van der Waals surface area contributed by atoms with Crippen molar-refractivity contribution < 1.29 is 0 Å². The molecule has 5 aromatic rings. The zero-order valence-electron chi connectivity index (χ0n) is 16.3. The Balaban J connectivity index is 1.58. The van der Waals surface area contributed by atoms with E-state index < -0.39 is 0 Å². The maximum atomic E-state index is 9.68. The number of nitrogens with one attached hydrogen (secondary N) is 2. The van der Waals surface area contributed by atoms with Gasteiger partial charge in [0.15, 0.2) is 0 Å². The Morgan fingerprint density at radius 1 is 1.07 bits per heavy atom. The number of aromatic amines is 1. The third-order valence-electron chi connectivity index (χ3n) is 5.20. The molecule has 0 atom stereocenters. The van der Waals surface area contributed by atoms with Crippen LogP contribution in [0.15, 0.2) is 67.0 Å². The molecule has 0 bridgehead atoms. The van der Waals surface area contributed by atoms with E-state index in [1.54, 1.807) is 17.5 Å². The highest BCUT2D eigenvalue weighted by Crippen LogP contribution is 2.36. The minimum atomic E-state index is 0.535. The number of fused-ring (bicyclic) bond motifs is 2. The monoisotopic (exact) mass is 406 g/mol. The van der Waals surface area contributed by atoms with Crippen LogP contribution in [0, 0.1) is 18.3 Å². The maximum absolute atomic E-state index is 9.68. The number of thiophene rings is 1. The SMILES string of the molecule is Cc1c(Nc2c(C#N)cnc3sc(/C=C/c4ccccc4)cc23)ccc2[nH]ccc12. The lowest BCUT2D eigenvalue weighted by molar-refractivity contribution is 1.38. The first-order valence-electron chi connectivity index (χ1n) is 9.62. The van der Waals surface area contributed by atoms with E-state index in [0.29, 0.717) is 5.56 Å². The third kappa shape index (κ3) is 3.24. The number of rotatable bonds is 4. The highest BCUT2D eigenvalue weighted by Gasteiger charge is 2.14. The van der Waals surface area contributed by atoms with E-state index in [0.717, 1.165) is 43.1 Å². The molecule has 0 aliphatic heterocycles. The molecule has 0 amide bonds. The fourth-order valence-electron chi connectivity index (χ4n) is 3.61. The van der Waals surface area contributed by atoms with Crippen LogP contribution in [0.3, 0.4) is 0 Å². The van der Waals surface area contributed by atoms with Crippen LogP contribution in [0.2, 0.25) is 0 Å². The molecule has 5 rings (SSSR count). The van der Waals surface area contributed by atoms with E-state index in [-0.39, 0.29) is 0 Å². The zero-order chi connectivity index (χ0) is 20.5. The number of aromatic nitrogens is 2. The summed E-state index contributed by atoms with van der Waals surface area (Å²) in [5.74, 6) is 0. The number of benzene rings is 2. The van der Waals surface area contributed by atoms with Gasteiger partial charge in [0.2, 0.25) is 0 Å². The lowest BCUT2D eigenvalue weighted by atomic mass is 10.1. The predicted molar refractivity (Wildman–Crippen MR) is 126 cm³/mol. The average Bonchev–Trinajstić information content (AvgIpc) is 3.42. The average molecular weight is 407 g/mol. The third-order valence-corrected chi connectivity index (χ3v) is 6.21. The van der Waals surface area contributed by atoms with Crippen molar-refractivity contribution in [3.8, 4) is 6.07 Å². The summed E-state index contributed by atoms with van der Waals surface area (Å²) < 4.78 is 0. The molecule has 0 fully saturated rings. The van der Waals surface area contributed by atoms with Gasteiger partial charge >= 0.3 is 0 Å². The number of nitriles is 1. The fraction of sp³-hybridized carbons (Fsp3) is 0.0400. The summed E-state index contributed by atoms with van der Waals surface area (Å²) in [7, 11) is 0. The molecule has 5 heteroatoms. The molecule has 0 unspecified atom stereocenters. The Bertz CT molecular complexity index is 1440. The second kappa shape index (κ2) is 7.51. The van der Waals surface area contributed by atoms with E-state index in [9.17, 15) is 5.26 Å². The van der Waals surface area contributed by atoms with Crippen LogP contribution in [0.4, 0.5) is 11.4 Å². The molecule has 2 aromatic carbocycles. The first kappa shape index (κ1) is 18.2. The smallest absolute Gasteiger partial charge is 0.125 e. The van der Waals surface area contributed by atoms with Crippen LogP contribution in [0.1, 0.15) is 21.6 Å². The molecule has 3 aromatic heterocycles. The number of hydrogen-bond acceptors (Lipinski definition) is 4. The molecule has 0 radical (unpaired) electrons. The maximum Gasteiger partial charge on any atom is 0.125 e. The van der Waals surface area contributed by atoms with Gasteiger partial charge in [-0.25, -0.2) is 4.98 Å². The summed E-state index contributed by atoms with van der Waals surface area (Å²) in [6.45, 7) is 2.09. The molecular formula is C25H18N4S. The van der Waals surface area contributed by atoms with Crippen LogP contribution < -0.4 is 5.32 Å². The minimum absolute atomic E-state index is 0.535. The Kier molecular flexibility index (Phi) is 4.55. The van der Waals surface area contributed by atoms with Gasteiger partial charge in [-0.15, -0.1) is 11.3 Å². The fourth-order valence-corrected chi connectivity index (χ4v) is 4.52. The number of aryl methyl sites for hydroxylation is 1. The van der Waals surface area contributed by atoms with Crippen molar-refractivity contribution in [3.05, 3.63) is 88.6 Å². The largest absolute Gasteiger partial charge is 0.361 e. The van der Waals surface area contributed by atoms with E-state index >= 15 is 0 Å². The van der Waals surface area contributed by atoms with Crippen LogP contribution in [-0.4, -0.2) is 9.97 Å². The van der Waals surface area contributed by atoms with Gasteiger partial charge in [-0.3, -0.25) is 0 Å². The Hall–Kier alpha value is -3.88. The van der Waals surface area contributed by atoms with E-state index in [1.165, 1.54) is 5.39 Å².